The maximum absolute atomic E-state index is 11.9. The molecule has 0 unspecified atom stereocenters. The first-order chi connectivity index (χ1) is 11.0. The Balaban J connectivity index is 1.80. The van der Waals surface area contributed by atoms with Gasteiger partial charge < -0.3 is 5.32 Å². The van der Waals surface area contributed by atoms with Gasteiger partial charge in [0.1, 0.15) is 0 Å². The second-order valence-electron chi connectivity index (χ2n) is 4.92. The Kier molecular flexibility index (Phi) is 6.51. The van der Waals surface area contributed by atoms with E-state index in [-0.39, 0.29) is 11.7 Å². The van der Waals surface area contributed by atoms with Crippen molar-refractivity contribution in [2.75, 3.05) is 11.1 Å². The van der Waals surface area contributed by atoms with Crippen LogP contribution in [0.1, 0.15) is 22.8 Å². The van der Waals surface area contributed by atoms with E-state index in [4.69, 9.17) is 23.2 Å². The summed E-state index contributed by atoms with van der Waals surface area (Å²) in [4.78, 5) is 23.1. The van der Waals surface area contributed by atoms with E-state index in [0.29, 0.717) is 32.8 Å². The number of hydrogen-bond donors (Lipinski definition) is 1. The molecule has 0 saturated heterocycles. The first-order valence-corrected chi connectivity index (χ1v) is 8.79. The third kappa shape index (κ3) is 5.57. The van der Waals surface area contributed by atoms with E-state index in [9.17, 15) is 9.59 Å². The van der Waals surface area contributed by atoms with E-state index in [1.807, 2.05) is 6.07 Å². The van der Waals surface area contributed by atoms with Crippen molar-refractivity contribution in [3.63, 3.8) is 0 Å². The van der Waals surface area contributed by atoms with Gasteiger partial charge >= 0.3 is 0 Å². The lowest BCUT2D eigenvalue weighted by Gasteiger charge is -2.06. The molecule has 0 bridgehead atoms. The molecule has 1 amide bonds. The van der Waals surface area contributed by atoms with Crippen LogP contribution in [0.3, 0.4) is 0 Å². The molecule has 0 aliphatic rings. The van der Waals surface area contributed by atoms with Crippen molar-refractivity contribution in [2.24, 2.45) is 0 Å². The summed E-state index contributed by atoms with van der Waals surface area (Å²) < 4.78 is 0. The van der Waals surface area contributed by atoms with Gasteiger partial charge in [-0.25, -0.2) is 0 Å². The zero-order chi connectivity index (χ0) is 16.8. The van der Waals surface area contributed by atoms with Gasteiger partial charge in [0, 0.05) is 17.0 Å². The molecule has 1 N–H and O–H groups in total. The van der Waals surface area contributed by atoms with Gasteiger partial charge in [-0.3, -0.25) is 9.59 Å². The lowest BCUT2D eigenvalue weighted by molar-refractivity contribution is -0.113. The number of benzene rings is 2. The molecule has 2 aromatic carbocycles. The van der Waals surface area contributed by atoms with Gasteiger partial charge in [-0.1, -0.05) is 29.3 Å². The van der Waals surface area contributed by atoms with Crippen LogP contribution in [0.5, 0.6) is 0 Å². The first-order valence-electron chi connectivity index (χ1n) is 6.88. The smallest absolute Gasteiger partial charge is 0.234 e. The van der Waals surface area contributed by atoms with Crippen molar-refractivity contribution in [1.29, 1.82) is 0 Å². The van der Waals surface area contributed by atoms with Crippen molar-refractivity contribution in [1.82, 2.24) is 0 Å². The predicted molar refractivity (Wildman–Crippen MR) is 97.7 cm³/mol. The van der Waals surface area contributed by atoms with Crippen LogP contribution in [0.15, 0.2) is 42.5 Å². The fraction of sp³-hybridized carbons (Fsp3) is 0.176. The number of carbonyl (C=O) groups excluding carboxylic acids is 2. The number of rotatable bonds is 6. The van der Waals surface area contributed by atoms with Gasteiger partial charge in [0.05, 0.1) is 15.8 Å². The maximum Gasteiger partial charge on any atom is 0.234 e. The summed E-state index contributed by atoms with van der Waals surface area (Å²) in [7, 11) is 0. The Labute approximate surface area is 149 Å². The molecular weight excluding hydrogens is 353 g/mol. The summed E-state index contributed by atoms with van der Waals surface area (Å²) in [6.07, 6.45) is 0. The Hall–Kier alpha value is -1.49. The zero-order valence-electron chi connectivity index (χ0n) is 12.4. The summed E-state index contributed by atoms with van der Waals surface area (Å²) in [5.41, 5.74) is 2.31. The Morgan fingerprint density at radius 2 is 1.74 bits per heavy atom. The van der Waals surface area contributed by atoms with Crippen LogP contribution in [-0.2, 0) is 10.5 Å². The molecule has 2 aromatic rings. The molecule has 2 rings (SSSR count). The van der Waals surface area contributed by atoms with Gasteiger partial charge in [-0.2, -0.15) is 0 Å². The van der Waals surface area contributed by atoms with E-state index >= 15 is 0 Å². The Morgan fingerprint density at radius 3 is 2.35 bits per heavy atom. The second kappa shape index (κ2) is 8.39. The normalized spacial score (nSPS) is 10.4. The van der Waals surface area contributed by atoms with E-state index in [1.165, 1.54) is 18.7 Å². The average Bonchev–Trinajstić information content (AvgIpc) is 2.51. The van der Waals surface area contributed by atoms with Gasteiger partial charge in [0.2, 0.25) is 5.91 Å². The monoisotopic (exact) mass is 367 g/mol. The van der Waals surface area contributed by atoms with Crippen LogP contribution in [0.2, 0.25) is 10.0 Å². The maximum atomic E-state index is 11.9. The standard InChI is InChI=1S/C17H15Cl2NO2S/c1-11(21)13-3-5-14(6-4-13)20-17(22)10-23-9-12-2-7-15(18)16(19)8-12/h2-8H,9-10H2,1H3,(H,20,22). The van der Waals surface area contributed by atoms with Crippen LogP contribution < -0.4 is 5.32 Å². The third-order valence-electron chi connectivity index (χ3n) is 3.06. The van der Waals surface area contributed by atoms with Crippen LogP contribution in [0, 0.1) is 0 Å². The fourth-order valence-electron chi connectivity index (χ4n) is 1.88. The quantitative estimate of drug-likeness (QED) is 0.725. The highest BCUT2D eigenvalue weighted by Gasteiger charge is 2.05. The number of ketones is 1. The third-order valence-corrected chi connectivity index (χ3v) is 4.80. The Morgan fingerprint density at radius 1 is 1.04 bits per heavy atom. The zero-order valence-corrected chi connectivity index (χ0v) is 14.8. The van der Waals surface area contributed by atoms with E-state index < -0.39 is 0 Å². The predicted octanol–water partition coefficient (Wildman–Crippen LogP) is 5.07. The van der Waals surface area contributed by atoms with E-state index in [0.717, 1.165) is 5.56 Å². The number of nitrogens with one attached hydrogen (secondary N) is 1. The molecular formula is C17H15Cl2NO2S. The van der Waals surface area contributed by atoms with Crippen LogP contribution in [-0.4, -0.2) is 17.4 Å². The molecule has 23 heavy (non-hydrogen) atoms. The minimum Gasteiger partial charge on any atom is -0.325 e. The average molecular weight is 368 g/mol. The van der Waals surface area contributed by atoms with Crippen molar-refractivity contribution < 1.29 is 9.59 Å². The number of thioether (sulfide) groups is 1. The second-order valence-corrected chi connectivity index (χ2v) is 6.72. The summed E-state index contributed by atoms with van der Waals surface area (Å²) in [6.45, 7) is 1.51. The summed E-state index contributed by atoms with van der Waals surface area (Å²) >= 11 is 13.3. The summed E-state index contributed by atoms with van der Waals surface area (Å²) in [6, 6.07) is 12.3. The van der Waals surface area contributed by atoms with Gasteiger partial charge in [-0.15, -0.1) is 11.8 Å². The molecule has 120 valence electrons. The van der Waals surface area contributed by atoms with Crippen LogP contribution >= 0.6 is 35.0 Å². The summed E-state index contributed by atoms with van der Waals surface area (Å²) in [5, 5.41) is 3.83. The number of carbonyl (C=O) groups is 2. The fourth-order valence-corrected chi connectivity index (χ4v) is 2.97. The van der Waals surface area contributed by atoms with Crippen LogP contribution in [0.4, 0.5) is 5.69 Å². The summed E-state index contributed by atoms with van der Waals surface area (Å²) in [5.74, 6) is 0.910. The molecule has 0 fully saturated rings. The van der Waals surface area contributed by atoms with E-state index in [1.54, 1.807) is 36.4 Å². The lowest BCUT2D eigenvalue weighted by Crippen LogP contribution is -2.14. The topological polar surface area (TPSA) is 46.2 Å². The Bertz CT molecular complexity index is 717. The van der Waals surface area contributed by atoms with Gasteiger partial charge in [-0.05, 0) is 48.9 Å². The highest BCUT2D eigenvalue weighted by Crippen LogP contribution is 2.24. The number of amides is 1. The number of halogens is 2. The van der Waals surface area contributed by atoms with Gasteiger partial charge in [0.25, 0.3) is 0 Å². The molecule has 0 saturated carbocycles. The molecule has 0 spiro atoms. The minimum absolute atomic E-state index is 0.0000531. The largest absolute Gasteiger partial charge is 0.325 e. The number of Topliss-reactive ketones (excluding diaryl/α,β-unsaturated/α-hetero) is 1. The highest BCUT2D eigenvalue weighted by atomic mass is 35.5. The molecule has 0 aliphatic heterocycles. The van der Waals surface area contributed by atoms with Gasteiger partial charge in [0.15, 0.2) is 5.78 Å². The molecule has 6 heteroatoms. The molecule has 3 nitrogen and oxygen atoms in total. The molecule has 0 aromatic heterocycles. The molecule has 0 atom stereocenters. The van der Waals surface area contributed by atoms with Crippen molar-refractivity contribution >= 4 is 52.3 Å². The SMILES string of the molecule is CC(=O)c1ccc(NC(=O)CSCc2ccc(Cl)c(Cl)c2)cc1. The van der Waals surface area contributed by atoms with Crippen LogP contribution in [0.25, 0.3) is 0 Å². The van der Waals surface area contributed by atoms with Crippen molar-refractivity contribution in [2.45, 2.75) is 12.7 Å². The lowest BCUT2D eigenvalue weighted by atomic mass is 10.1. The van der Waals surface area contributed by atoms with E-state index in [2.05, 4.69) is 5.32 Å². The first kappa shape index (κ1) is 17.9. The number of hydrogen-bond acceptors (Lipinski definition) is 3. The molecule has 0 radical (unpaired) electrons. The molecule has 0 heterocycles. The molecule has 0 aliphatic carbocycles. The highest BCUT2D eigenvalue weighted by molar-refractivity contribution is 7.99. The van der Waals surface area contributed by atoms with Crippen molar-refractivity contribution in [3.8, 4) is 0 Å². The minimum atomic E-state index is -0.0920. The van der Waals surface area contributed by atoms with Crippen molar-refractivity contribution in [3.05, 3.63) is 63.6 Å². The number of anilines is 1.